The number of ether oxygens (including phenoxy) is 1. The van der Waals surface area contributed by atoms with Crippen molar-refractivity contribution >= 4 is 29.9 Å². The molecule has 3 unspecified atom stereocenters. The molecule has 2 aliphatic heterocycles. The Hall–Kier alpha value is -0.870. The number of aryl methyl sites for hydroxylation is 1. The summed E-state index contributed by atoms with van der Waals surface area (Å²) in [6.45, 7) is 10.5. The maximum absolute atomic E-state index is 5.80. The highest BCUT2D eigenvalue weighted by Gasteiger charge is 2.27. The van der Waals surface area contributed by atoms with E-state index in [2.05, 4.69) is 45.3 Å². The van der Waals surface area contributed by atoms with Gasteiger partial charge in [0.2, 0.25) is 0 Å². The number of likely N-dealkylation sites (tertiary alicyclic amines) is 1. The smallest absolute Gasteiger partial charge is 0.193 e. The van der Waals surface area contributed by atoms with Crippen molar-refractivity contribution in [1.82, 2.24) is 24.9 Å². The molecule has 0 aromatic carbocycles. The van der Waals surface area contributed by atoms with Crippen molar-refractivity contribution < 1.29 is 4.74 Å². The van der Waals surface area contributed by atoms with E-state index in [1.807, 2.05) is 25.0 Å². The fourth-order valence-corrected chi connectivity index (χ4v) is 4.18. The van der Waals surface area contributed by atoms with E-state index >= 15 is 0 Å². The lowest BCUT2D eigenvalue weighted by atomic mass is 10.0. The SMILES string of the molecule is CN=C(NCCCN1CC(C)OC(C)C1)N1CCC(c2cnn(C)c2)C1.I. The Morgan fingerprint density at radius 3 is 2.67 bits per heavy atom. The summed E-state index contributed by atoms with van der Waals surface area (Å²) >= 11 is 0. The molecule has 3 atom stereocenters. The largest absolute Gasteiger partial charge is 0.373 e. The van der Waals surface area contributed by atoms with Gasteiger partial charge in [-0.05, 0) is 32.3 Å². The third-order valence-electron chi connectivity index (χ3n) is 5.33. The maximum atomic E-state index is 5.80. The zero-order chi connectivity index (χ0) is 18.5. The number of nitrogens with zero attached hydrogens (tertiary/aromatic N) is 5. The summed E-state index contributed by atoms with van der Waals surface area (Å²) in [5.41, 5.74) is 1.33. The van der Waals surface area contributed by atoms with E-state index < -0.39 is 0 Å². The molecule has 0 spiro atoms. The first-order valence-electron chi connectivity index (χ1n) is 9.87. The zero-order valence-corrected chi connectivity index (χ0v) is 19.4. The van der Waals surface area contributed by atoms with Crippen molar-refractivity contribution in [2.75, 3.05) is 46.3 Å². The van der Waals surface area contributed by atoms with Gasteiger partial charge in [-0.25, -0.2) is 0 Å². The van der Waals surface area contributed by atoms with Crippen molar-refractivity contribution in [3.8, 4) is 0 Å². The molecule has 1 aromatic rings. The van der Waals surface area contributed by atoms with Gasteiger partial charge in [-0.1, -0.05) is 0 Å². The molecule has 8 heteroatoms. The van der Waals surface area contributed by atoms with Crippen LogP contribution in [0.25, 0.3) is 0 Å². The lowest BCUT2D eigenvalue weighted by Gasteiger charge is -2.35. The van der Waals surface area contributed by atoms with Crippen LogP contribution in [-0.4, -0.2) is 84.1 Å². The number of hydrogen-bond acceptors (Lipinski definition) is 4. The van der Waals surface area contributed by atoms with Gasteiger partial charge in [0.1, 0.15) is 0 Å². The first-order chi connectivity index (χ1) is 12.5. The van der Waals surface area contributed by atoms with Gasteiger partial charge in [0.05, 0.1) is 18.4 Å². The number of rotatable bonds is 5. The van der Waals surface area contributed by atoms with Crippen molar-refractivity contribution in [2.24, 2.45) is 12.0 Å². The minimum absolute atomic E-state index is 0. The molecular weight excluding hydrogens is 455 g/mol. The number of aliphatic imine (C=N–C) groups is 1. The van der Waals surface area contributed by atoms with E-state index in [1.165, 1.54) is 5.56 Å². The molecule has 0 radical (unpaired) electrons. The van der Waals surface area contributed by atoms with Crippen molar-refractivity contribution in [3.63, 3.8) is 0 Å². The highest BCUT2D eigenvalue weighted by Crippen LogP contribution is 2.26. The van der Waals surface area contributed by atoms with Gasteiger partial charge >= 0.3 is 0 Å². The molecule has 27 heavy (non-hydrogen) atoms. The first-order valence-corrected chi connectivity index (χ1v) is 9.87. The summed E-state index contributed by atoms with van der Waals surface area (Å²) in [7, 11) is 3.86. The van der Waals surface area contributed by atoms with Crippen LogP contribution in [-0.2, 0) is 11.8 Å². The summed E-state index contributed by atoms with van der Waals surface area (Å²) in [6, 6.07) is 0. The molecule has 0 bridgehead atoms. The van der Waals surface area contributed by atoms with Crippen LogP contribution in [0, 0.1) is 0 Å². The molecule has 0 saturated carbocycles. The summed E-state index contributed by atoms with van der Waals surface area (Å²) in [6.07, 6.45) is 7.10. The second-order valence-corrected chi connectivity index (χ2v) is 7.72. The first kappa shape index (κ1) is 22.4. The maximum Gasteiger partial charge on any atom is 0.193 e. The van der Waals surface area contributed by atoms with Crippen LogP contribution in [0.5, 0.6) is 0 Å². The number of guanidine groups is 1. The molecule has 0 aliphatic carbocycles. The average molecular weight is 490 g/mol. The third kappa shape index (κ3) is 6.32. The standard InChI is InChI=1S/C19H34N6O.HI/c1-15-11-24(12-16(2)26-15)8-5-7-21-19(20-3)25-9-6-17(14-25)18-10-22-23(4)13-18;/h10,13,15-17H,5-9,11-12,14H2,1-4H3,(H,20,21);1H. The van der Waals surface area contributed by atoms with E-state index in [-0.39, 0.29) is 24.0 Å². The second-order valence-electron chi connectivity index (χ2n) is 7.72. The minimum Gasteiger partial charge on any atom is -0.373 e. The van der Waals surface area contributed by atoms with Crippen LogP contribution in [0.2, 0.25) is 0 Å². The fourth-order valence-electron chi connectivity index (χ4n) is 4.18. The van der Waals surface area contributed by atoms with Gasteiger partial charge in [0, 0.05) is 65.5 Å². The third-order valence-corrected chi connectivity index (χ3v) is 5.33. The highest BCUT2D eigenvalue weighted by atomic mass is 127. The van der Waals surface area contributed by atoms with Crippen molar-refractivity contribution in [3.05, 3.63) is 18.0 Å². The molecule has 3 rings (SSSR count). The van der Waals surface area contributed by atoms with E-state index in [4.69, 9.17) is 4.74 Å². The summed E-state index contributed by atoms with van der Waals surface area (Å²) < 4.78 is 7.69. The van der Waals surface area contributed by atoms with Crippen LogP contribution in [0.3, 0.4) is 0 Å². The summed E-state index contributed by atoms with van der Waals surface area (Å²) in [4.78, 5) is 9.37. The topological polar surface area (TPSA) is 57.9 Å². The predicted molar refractivity (Wildman–Crippen MR) is 120 cm³/mol. The van der Waals surface area contributed by atoms with Gasteiger partial charge in [-0.2, -0.15) is 5.10 Å². The fraction of sp³-hybridized carbons (Fsp3) is 0.789. The Morgan fingerprint density at radius 2 is 2.04 bits per heavy atom. The molecule has 1 N–H and O–H groups in total. The van der Waals surface area contributed by atoms with E-state index in [1.54, 1.807) is 0 Å². The molecule has 7 nitrogen and oxygen atoms in total. The Morgan fingerprint density at radius 1 is 1.30 bits per heavy atom. The zero-order valence-electron chi connectivity index (χ0n) is 17.1. The number of hydrogen-bond donors (Lipinski definition) is 1. The Bertz CT molecular complexity index is 597. The molecular formula is C19H35IN6O. The highest BCUT2D eigenvalue weighted by molar-refractivity contribution is 14.0. The van der Waals surface area contributed by atoms with Crippen LogP contribution >= 0.6 is 24.0 Å². The number of nitrogens with one attached hydrogen (secondary N) is 1. The van der Waals surface area contributed by atoms with Crippen LogP contribution in [0.15, 0.2) is 17.4 Å². The van der Waals surface area contributed by atoms with Crippen LogP contribution in [0.4, 0.5) is 0 Å². The quantitative estimate of drug-likeness (QED) is 0.296. The lowest BCUT2D eigenvalue weighted by molar-refractivity contribution is -0.0679. The Kier molecular flexibility index (Phi) is 8.81. The van der Waals surface area contributed by atoms with Crippen LogP contribution < -0.4 is 5.32 Å². The average Bonchev–Trinajstić information content (AvgIpc) is 3.23. The van der Waals surface area contributed by atoms with E-state index in [0.29, 0.717) is 18.1 Å². The van der Waals surface area contributed by atoms with Gasteiger partial charge in [-0.3, -0.25) is 14.6 Å². The summed E-state index contributed by atoms with van der Waals surface area (Å²) in [5, 5.41) is 7.85. The minimum atomic E-state index is 0. The lowest BCUT2D eigenvalue weighted by Crippen LogP contribution is -2.46. The molecule has 154 valence electrons. The molecule has 2 aliphatic rings. The molecule has 1 aromatic heterocycles. The second kappa shape index (κ2) is 10.6. The molecule has 3 heterocycles. The van der Waals surface area contributed by atoms with E-state index in [0.717, 1.165) is 58.1 Å². The number of morpholine rings is 1. The van der Waals surface area contributed by atoms with Crippen molar-refractivity contribution in [2.45, 2.75) is 44.8 Å². The van der Waals surface area contributed by atoms with Gasteiger partial charge in [-0.15, -0.1) is 24.0 Å². The number of halogens is 1. The van der Waals surface area contributed by atoms with E-state index in [9.17, 15) is 0 Å². The molecule has 0 amide bonds. The predicted octanol–water partition coefficient (Wildman–Crippen LogP) is 1.90. The van der Waals surface area contributed by atoms with Gasteiger partial charge in [0.15, 0.2) is 5.96 Å². The van der Waals surface area contributed by atoms with Gasteiger partial charge in [0.25, 0.3) is 0 Å². The van der Waals surface area contributed by atoms with Gasteiger partial charge < -0.3 is 15.0 Å². The number of aromatic nitrogens is 2. The Balaban J connectivity index is 0.00000261. The monoisotopic (exact) mass is 490 g/mol. The molecule has 2 saturated heterocycles. The normalized spacial score (nSPS) is 26.9. The van der Waals surface area contributed by atoms with Crippen LogP contribution in [0.1, 0.15) is 38.2 Å². The van der Waals surface area contributed by atoms with Crippen molar-refractivity contribution in [1.29, 1.82) is 0 Å². The molecule has 2 fully saturated rings. The summed E-state index contributed by atoms with van der Waals surface area (Å²) in [5.74, 6) is 1.58. The Labute approximate surface area is 180 Å².